The fourth-order valence-corrected chi connectivity index (χ4v) is 3.29. The number of benzene rings is 2. The molecule has 0 spiro atoms. The van der Waals surface area contributed by atoms with Crippen LogP contribution in [0.2, 0.25) is 0 Å². The summed E-state index contributed by atoms with van der Waals surface area (Å²) in [4.78, 5) is 16.8. The Bertz CT molecular complexity index is 957. The van der Waals surface area contributed by atoms with Crippen LogP contribution in [-0.2, 0) is 6.42 Å². The number of fused-ring (bicyclic) bond motifs is 1. The van der Waals surface area contributed by atoms with E-state index in [1.165, 1.54) is 0 Å². The summed E-state index contributed by atoms with van der Waals surface area (Å²) >= 11 is 0. The molecular formula is C22H20N2O3. The monoisotopic (exact) mass is 360 g/mol. The van der Waals surface area contributed by atoms with Gasteiger partial charge in [0.1, 0.15) is 18.1 Å². The zero-order valence-corrected chi connectivity index (χ0v) is 15.0. The van der Waals surface area contributed by atoms with Crippen molar-refractivity contribution in [1.29, 1.82) is 0 Å². The van der Waals surface area contributed by atoms with Gasteiger partial charge in [0.15, 0.2) is 0 Å². The zero-order chi connectivity index (χ0) is 18.6. The van der Waals surface area contributed by atoms with E-state index in [0.717, 1.165) is 28.9 Å². The SMILES string of the molecule is COc1cc(-c2ccncc2)ccc1C(=O)NC1COc2ccccc2C1. The van der Waals surface area contributed by atoms with E-state index in [2.05, 4.69) is 10.3 Å². The minimum atomic E-state index is -0.166. The van der Waals surface area contributed by atoms with Crippen LogP contribution in [0, 0.1) is 0 Å². The van der Waals surface area contributed by atoms with Crippen molar-refractivity contribution in [3.05, 3.63) is 78.1 Å². The molecule has 5 heteroatoms. The summed E-state index contributed by atoms with van der Waals surface area (Å²) in [5, 5.41) is 3.06. The molecule has 1 N–H and O–H groups in total. The van der Waals surface area contributed by atoms with Crippen LogP contribution in [0.5, 0.6) is 11.5 Å². The van der Waals surface area contributed by atoms with Crippen LogP contribution in [0.4, 0.5) is 0 Å². The molecule has 0 saturated carbocycles. The third-order valence-corrected chi connectivity index (χ3v) is 4.67. The van der Waals surface area contributed by atoms with Crippen molar-refractivity contribution in [2.75, 3.05) is 13.7 Å². The van der Waals surface area contributed by atoms with E-state index in [1.807, 2.05) is 48.5 Å². The highest BCUT2D eigenvalue weighted by molar-refractivity contribution is 5.97. The largest absolute Gasteiger partial charge is 0.496 e. The summed E-state index contributed by atoms with van der Waals surface area (Å²) in [6.45, 7) is 0.458. The van der Waals surface area contributed by atoms with Gasteiger partial charge in [0.2, 0.25) is 0 Å². The van der Waals surface area contributed by atoms with Crippen LogP contribution in [0.15, 0.2) is 67.0 Å². The number of hydrogen-bond donors (Lipinski definition) is 1. The van der Waals surface area contributed by atoms with Crippen molar-refractivity contribution >= 4 is 5.91 Å². The molecule has 2 aromatic carbocycles. The molecule has 5 nitrogen and oxygen atoms in total. The van der Waals surface area contributed by atoms with E-state index in [1.54, 1.807) is 25.6 Å². The Hall–Kier alpha value is -3.34. The lowest BCUT2D eigenvalue weighted by molar-refractivity contribution is 0.0912. The van der Waals surface area contributed by atoms with Crippen molar-refractivity contribution in [1.82, 2.24) is 10.3 Å². The molecule has 1 atom stereocenters. The maximum Gasteiger partial charge on any atom is 0.255 e. The molecule has 0 fully saturated rings. The minimum absolute atomic E-state index is 0.0722. The Kier molecular flexibility index (Phi) is 4.75. The van der Waals surface area contributed by atoms with Gasteiger partial charge in [0.05, 0.1) is 18.7 Å². The van der Waals surface area contributed by atoms with Crippen LogP contribution in [0.1, 0.15) is 15.9 Å². The van der Waals surface area contributed by atoms with Crippen molar-refractivity contribution in [2.24, 2.45) is 0 Å². The molecule has 27 heavy (non-hydrogen) atoms. The van der Waals surface area contributed by atoms with Gasteiger partial charge in [-0.3, -0.25) is 9.78 Å². The first-order valence-corrected chi connectivity index (χ1v) is 8.84. The van der Waals surface area contributed by atoms with Gasteiger partial charge >= 0.3 is 0 Å². The highest BCUT2D eigenvalue weighted by Crippen LogP contribution is 2.28. The molecule has 0 aliphatic carbocycles. The number of aromatic nitrogens is 1. The Morgan fingerprint density at radius 2 is 1.93 bits per heavy atom. The van der Waals surface area contributed by atoms with Gasteiger partial charge in [0, 0.05) is 12.4 Å². The van der Waals surface area contributed by atoms with Gasteiger partial charge in [-0.25, -0.2) is 0 Å². The van der Waals surface area contributed by atoms with Crippen LogP contribution < -0.4 is 14.8 Å². The second-order valence-corrected chi connectivity index (χ2v) is 6.44. The lowest BCUT2D eigenvalue weighted by Crippen LogP contribution is -2.42. The molecule has 0 saturated heterocycles. The lowest BCUT2D eigenvalue weighted by Gasteiger charge is -2.26. The number of hydrogen-bond acceptors (Lipinski definition) is 4. The number of amides is 1. The van der Waals surface area contributed by atoms with Crippen LogP contribution in [0.3, 0.4) is 0 Å². The number of carbonyl (C=O) groups excluding carboxylic acids is 1. The molecular weight excluding hydrogens is 340 g/mol. The molecule has 2 heterocycles. The lowest BCUT2D eigenvalue weighted by atomic mass is 10.0. The van der Waals surface area contributed by atoms with E-state index < -0.39 is 0 Å². The van der Waals surface area contributed by atoms with Crippen LogP contribution in [-0.4, -0.2) is 30.6 Å². The number of para-hydroxylation sites is 1. The number of pyridine rings is 1. The quantitative estimate of drug-likeness (QED) is 0.774. The van der Waals surface area contributed by atoms with E-state index >= 15 is 0 Å². The van der Waals surface area contributed by atoms with Crippen LogP contribution >= 0.6 is 0 Å². The van der Waals surface area contributed by atoms with Gasteiger partial charge in [-0.05, 0) is 53.4 Å². The van der Waals surface area contributed by atoms with E-state index in [0.29, 0.717) is 17.9 Å². The Morgan fingerprint density at radius 3 is 2.74 bits per heavy atom. The van der Waals surface area contributed by atoms with E-state index in [4.69, 9.17) is 9.47 Å². The van der Waals surface area contributed by atoms with Gasteiger partial charge in [-0.15, -0.1) is 0 Å². The van der Waals surface area contributed by atoms with Crippen molar-refractivity contribution in [2.45, 2.75) is 12.5 Å². The number of nitrogens with zero attached hydrogens (tertiary/aromatic N) is 1. The first kappa shape index (κ1) is 17.1. The first-order valence-electron chi connectivity index (χ1n) is 8.84. The van der Waals surface area contributed by atoms with Crippen LogP contribution in [0.25, 0.3) is 11.1 Å². The predicted molar refractivity (Wildman–Crippen MR) is 103 cm³/mol. The molecule has 4 rings (SSSR count). The molecule has 136 valence electrons. The van der Waals surface area contributed by atoms with E-state index in [9.17, 15) is 4.79 Å². The highest BCUT2D eigenvalue weighted by atomic mass is 16.5. The number of nitrogens with one attached hydrogen (secondary N) is 1. The van der Waals surface area contributed by atoms with Crippen molar-refractivity contribution in [3.8, 4) is 22.6 Å². The zero-order valence-electron chi connectivity index (χ0n) is 15.0. The average Bonchev–Trinajstić information content (AvgIpc) is 2.73. The fourth-order valence-electron chi connectivity index (χ4n) is 3.29. The fraction of sp³-hybridized carbons (Fsp3) is 0.182. The molecule has 1 unspecified atom stereocenters. The number of methoxy groups -OCH3 is 1. The third-order valence-electron chi connectivity index (χ3n) is 4.67. The third kappa shape index (κ3) is 3.62. The summed E-state index contributed by atoms with van der Waals surface area (Å²) < 4.78 is 11.2. The van der Waals surface area contributed by atoms with Crippen molar-refractivity contribution in [3.63, 3.8) is 0 Å². The van der Waals surface area contributed by atoms with Gasteiger partial charge in [0.25, 0.3) is 5.91 Å². The number of carbonyl (C=O) groups is 1. The highest BCUT2D eigenvalue weighted by Gasteiger charge is 2.23. The molecule has 1 aliphatic rings. The Labute approximate surface area is 158 Å². The van der Waals surface area contributed by atoms with E-state index in [-0.39, 0.29) is 11.9 Å². The summed E-state index contributed by atoms with van der Waals surface area (Å²) in [5.41, 5.74) is 3.61. The standard InChI is InChI=1S/C22H20N2O3/c1-26-21-13-16(15-8-10-23-11-9-15)6-7-19(21)22(25)24-18-12-17-4-2-3-5-20(17)27-14-18/h2-11,13,18H,12,14H2,1H3,(H,24,25). The summed E-state index contributed by atoms with van der Waals surface area (Å²) in [6, 6.07) is 17.3. The predicted octanol–water partition coefficient (Wildman–Crippen LogP) is 3.49. The minimum Gasteiger partial charge on any atom is -0.496 e. The number of ether oxygens (including phenoxy) is 2. The molecule has 3 aromatic rings. The van der Waals surface area contributed by atoms with Gasteiger partial charge in [-0.1, -0.05) is 24.3 Å². The Balaban J connectivity index is 1.52. The Morgan fingerprint density at radius 1 is 1.11 bits per heavy atom. The molecule has 1 amide bonds. The smallest absolute Gasteiger partial charge is 0.255 e. The maximum atomic E-state index is 12.8. The normalized spacial score (nSPS) is 15.4. The summed E-state index contributed by atoms with van der Waals surface area (Å²) in [5.74, 6) is 1.27. The molecule has 1 aromatic heterocycles. The van der Waals surface area contributed by atoms with Gasteiger partial charge < -0.3 is 14.8 Å². The number of rotatable bonds is 4. The second-order valence-electron chi connectivity index (χ2n) is 6.44. The summed E-state index contributed by atoms with van der Waals surface area (Å²) in [6.07, 6.45) is 4.23. The maximum absolute atomic E-state index is 12.8. The first-order chi connectivity index (χ1) is 13.2. The molecule has 0 bridgehead atoms. The molecule has 1 aliphatic heterocycles. The summed E-state index contributed by atoms with van der Waals surface area (Å²) in [7, 11) is 1.57. The topological polar surface area (TPSA) is 60.5 Å². The van der Waals surface area contributed by atoms with Crippen molar-refractivity contribution < 1.29 is 14.3 Å². The second kappa shape index (κ2) is 7.50. The molecule has 0 radical (unpaired) electrons. The van der Waals surface area contributed by atoms with Gasteiger partial charge in [-0.2, -0.15) is 0 Å². The average molecular weight is 360 g/mol.